The van der Waals surface area contributed by atoms with Gasteiger partial charge in [-0.25, -0.2) is 14.3 Å². The summed E-state index contributed by atoms with van der Waals surface area (Å²) < 4.78 is 13.0. The molecular formula is C34H35N7O4S. The molecule has 0 aliphatic carbocycles. The van der Waals surface area contributed by atoms with Gasteiger partial charge >= 0.3 is 5.97 Å². The summed E-state index contributed by atoms with van der Waals surface area (Å²) in [5.41, 5.74) is 5.62. The van der Waals surface area contributed by atoms with Crippen molar-refractivity contribution >= 4 is 39.0 Å². The molecule has 3 aromatic carbocycles. The molecule has 1 aliphatic heterocycles. The topological polar surface area (TPSA) is 109 Å². The molecule has 4 heterocycles. The predicted molar refractivity (Wildman–Crippen MR) is 177 cm³/mol. The van der Waals surface area contributed by atoms with Gasteiger partial charge in [-0.05, 0) is 85.8 Å². The first-order valence-electron chi connectivity index (χ1n) is 15.6. The van der Waals surface area contributed by atoms with Crippen LogP contribution in [0.3, 0.4) is 0 Å². The number of fused-ring (bicyclic) bond motifs is 2. The van der Waals surface area contributed by atoms with E-state index in [2.05, 4.69) is 39.5 Å². The highest BCUT2D eigenvalue weighted by atomic mass is 32.1. The number of nitrogens with zero attached hydrogens (tertiary/aromatic N) is 7. The predicted octanol–water partition coefficient (Wildman–Crippen LogP) is 5.94. The minimum Gasteiger partial charge on any atom is -0.385 e. The van der Waals surface area contributed by atoms with Gasteiger partial charge < -0.3 is 19.2 Å². The highest BCUT2D eigenvalue weighted by Gasteiger charge is 2.20. The maximum atomic E-state index is 12.7. The van der Waals surface area contributed by atoms with E-state index in [1.54, 1.807) is 42.7 Å². The van der Waals surface area contributed by atoms with Crippen molar-refractivity contribution in [3.63, 3.8) is 0 Å². The van der Waals surface area contributed by atoms with Crippen LogP contribution in [0.5, 0.6) is 0 Å². The molecule has 0 spiro atoms. The molecule has 0 radical (unpaired) electrons. The number of para-hydroxylation sites is 1. The molecule has 0 N–H and O–H groups in total. The molecule has 1 fully saturated rings. The minimum atomic E-state index is -0.524. The van der Waals surface area contributed by atoms with Crippen LogP contribution >= 0.6 is 11.3 Å². The number of carbonyl (C=O) groups excluding carboxylic acids is 1. The molecular weight excluding hydrogens is 602 g/mol. The van der Waals surface area contributed by atoms with Crippen molar-refractivity contribution in [1.29, 1.82) is 0 Å². The molecule has 0 amide bonds. The van der Waals surface area contributed by atoms with Crippen LogP contribution in [-0.2, 0) is 9.47 Å². The van der Waals surface area contributed by atoms with Crippen molar-refractivity contribution < 1.29 is 19.1 Å². The highest BCUT2D eigenvalue weighted by molar-refractivity contribution is 7.19. The van der Waals surface area contributed by atoms with E-state index in [0.29, 0.717) is 22.7 Å². The van der Waals surface area contributed by atoms with Crippen LogP contribution in [0, 0.1) is 0 Å². The van der Waals surface area contributed by atoms with E-state index >= 15 is 0 Å². The third-order valence-corrected chi connectivity index (χ3v) is 9.19. The van der Waals surface area contributed by atoms with Crippen molar-refractivity contribution in [2.24, 2.45) is 0 Å². The summed E-state index contributed by atoms with van der Waals surface area (Å²) in [7, 11) is 1.75. The Morgan fingerprint density at radius 2 is 1.67 bits per heavy atom. The highest BCUT2D eigenvalue weighted by Crippen LogP contribution is 2.30. The number of ether oxygens (including phenoxy) is 2. The van der Waals surface area contributed by atoms with Crippen LogP contribution in [0.15, 0.2) is 79.0 Å². The number of piperidine rings is 1. The van der Waals surface area contributed by atoms with Gasteiger partial charge in [-0.3, -0.25) is 0 Å². The van der Waals surface area contributed by atoms with Gasteiger partial charge in [0, 0.05) is 50.2 Å². The maximum Gasteiger partial charge on any atom is 0.365 e. The third-order valence-electron chi connectivity index (χ3n) is 8.22. The van der Waals surface area contributed by atoms with Gasteiger partial charge in [0.1, 0.15) is 16.0 Å². The SMILES string of the molecule is COCCCCCOC1CCN(c2ccc(-c3nn4cc(-c5ccc(C(=O)On6nnc7ccccc76)cc5)nc4s3)cc2)CC1. The Bertz CT molecular complexity index is 1880. The number of methoxy groups -OCH3 is 1. The number of carbonyl (C=O) groups is 1. The molecule has 46 heavy (non-hydrogen) atoms. The number of hydrogen-bond acceptors (Lipinski definition) is 10. The summed E-state index contributed by atoms with van der Waals surface area (Å²) in [5, 5.41) is 13.6. The number of hydrogen-bond donors (Lipinski definition) is 0. The molecule has 3 aromatic heterocycles. The van der Waals surface area contributed by atoms with Gasteiger partial charge in [0.05, 0.1) is 23.6 Å². The Hall–Kier alpha value is -4.65. The smallest absolute Gasteiger partial charge is 0.365 e. The number of unbranched alkanes of at least 4 members (excludes halogenated alkanes) is 2. The molecule has 0 atom stereocenters. The zero-order chi connectivity index (χ0) is 31.3. The molecule has 7 rings (SSSR count). The summed E-state index contributed by atoms with van der Waals surface area (Å²) in [6.07, 6.45) is 7.73. The Kier molecular flexibility index (Phi) is 8.99. The second kappa shape index (κ2) is 13.8. The molecule has 6 aromatic rings. The van der Waals surface area contributed by atoms with E-state index in [4.69, 9.17) is 24.4 Å². The van der Waals surface area contributed by atoms with Crippen LogP contribution in [0.1, 0.15) is 42.5 Å². The largest absolute Gasteiger partial charge is 0.385 e. The summed E-state index contributed by atoms with van der Waals surface area (Å²) in [4.78, 5) is 27.3. The third kappa shape index (κ3) is 6.64. The molecule has 0 saturated carbocycles. The van der Waals surface area contributed by atoms with E-state index in [1.807, 2.05) is 35.0 Å². The minimum absolute atomic E-state index is 0.357. The van der Waals surface area contributed by atoms with Gasteiger partial charge in [0.25, 0.3) is 0 Å². The Balaban J connectivity index is 0.934. The first-order chi connectivity index (χ1) is 22.6. The van der Waals surface area contributed by atoms with Crippen LogP contribution < -0.4 is 9.74 Å². The van der Waals surface area contributed by atoms with Crippen LogP contribution in [0.25, 0.3) is 37.8 Å². The van der Waals surface area contributed by atoms with Crippen molar-refractivity contribution in [1.82, 2.24) is 29.8 Å². The monoisotopic (exact) mass is 637 g/mol. The summed E-state index contributed by atoms with van der Waals surface area (Å²) in [6.45, 7) is 3.68. The lowest BCUT2D eigenvalue weighted by Crippen LogP contribution is -2.37. The zero-order valence-electron chi connectivity index (χ0n) is 25.6. The Morgan fingerprint density at radius 3 is 2.46 bits per heavy atom. The van der Waals surface area contributed by atoms with E-state index in [-0.39, 0.29) is 0 Å². The second-order valence-corrected chi connectivity index (χ2v) is 12.3. The van der Waals surface area contributed by atoms with Crippen LogP contribution in [0.2, 0.25) is 0 Å². The lowest BCUT2D eigenvalue weighted by Gasteiger charge is -2.33. The fraction of sp³-hybridized carbons (Fsp3) is 0.324. The van der Waals surface area contributed by atoms with Crippen LogP contribution in [-0.4, -0.2) is 75.2 Å². The molecule has 11 nitrogen and oxygen atoms in total. The molecule has 1 aliphatic rings. The number of benzene rings is 3. The lowest BCUT2D eigenvalue weighted by atomic mass is 10.1. The van der Waals surface area contributed by atoms with Crippen LogP contribution in [0.4, 0.5) is 5.69 Å². The Morgan fingerprint density at radius 1 is 0.913 bits per heavy atom. The number of aromatic nitrogens is 6. The van der Waals surface area contributed by atoms with E-state index < -0.39 is 5.97 Å². The summed E-state index contributed by atoms with van der Waals surface area (Å²) in [5.74, 6) is -0.524. The van der Waals surface area contributed by atoms with Crippen molar-refractivity contribution in [2.75, 3.05) is 38.3 Å². The van der Waals surface area contributed by atoms with Crippen molar-refractivity contribution in [2.45, 2.75) is 38.2 Å². The van der Waals surface area contributed by atoms with E-state index in [9.17, 15) is 4.79 Å². The summed E-state index contributed by atoms with van der Waals surface area (Å²) >= 11 is 1.55. The Labute approximate surface area is 270 Å². The van der Waals surface area contributed by atoms with Gasteiger partial charge in [0.15, 0.2) is 0 Å². The van der Waals surface area contributed by atoms with Gasteiger partial charge in [0.2, 0.25) is 4.96 Å². The number of imidazole rings is 1. The average Bonchev–Trinajstić information content (AvgIpc) is 3.81. The standard InChI is InChI=1S/C34H35N7O4S/c1-43-21-5-2-6-22-44-28-17-19-39(20-18-28)27-15-13-25(14-16-27)32-37-40-23-30(35-34(40)46-32)24-9-11-26(12-10-24)33(42)45-41-31-8-4-3-7-29(31)36-38-41/h3-4,7-16,23,28H,2,5-6,17-22H2,1H3. The fourth-order valence-electron chi connectivity index (χ4n) is 5.65. The molecule has 236 valence electrons. The van der Waals surface area contributed by atoms with E-state index in [0.717, 1.165) is 90.0 Å². The van der Waals surface area contributed by atoms with Crippen molar-refractivity contribution in [3.8, 4) is 21.8 Å². The number of anilines is 1. The first-order valence-corrected chi connectivity index (χ1v) is 16.4. The summed E-state index contributed by atoms with van der Waals surface area (Å²) in [6, 6.07) is 23.0. The van der Waals surface area contributed by atoms with Gasteiger partial charge in [-0.2, -0.15) is 5.10 Å². The maximum absolute atomic E-state index is 12.7. The van der Waals surface area contributed by atoms with Crippen molar-refractivity contribution in [3.05, 3.63) is 84.6 Å². The zero-order valence-corrected chi connectivity index (χ0v) is 26.4. The molecule has 1 saturated heterocycles. The molecule has 0 bridgehead atoms. The van der Waals surface area contributed by atoms with Gasteiger partial charge in [-0.1, -0.05) is 40.4 Å². The number of rotatable bonds is 12. The quantitative estimate of drug-likeness (QED) is 0.119. The molecule has 0 unspecified atom stereocenters. The fourth-order valence-corrected chi connectivity index (χ4v) is 6.54. The average molecular weight is 638 g/mol. The van der Waals surface area contributed by atoms with E-state index in [1.165, 1.54) is 5.69 Å². The van der Waals surface area contributed by atoms with Gasteiger partial charge in [-0.15, -0.1) is 5.10 Å². The normalized spacial score (nSPS) is 14.0. The second-order valence-electron chi connectivity index (χ2n) is 11.3. The lowest BCUT2D eigenvalue weighted by molar-refractivity contribution is 0.0340. The first kappa shape index (κ1) is 30.0. The molecule has 12 heteroatoms.